The Bertz CT molecular complexity index is 1230. The minimum Gasteiger partial charge on any atom is -0.497 e. The van der Waals surface area contributed by atoms with Gasteiger partial charge in [-0.1, -0.05) is 6.07 Å². The molecular weight excluding hydrogens is 458 g/mol. The zero-order valence-corrected chi connectivity index (χ0v) is 18.8. The van der Waals surface area contributed by atoms with Crippen molar-refractivity contribution in [2.24, 2.45) is 0 Å². The molecule has 0 spiro atoms. The Morgan fingerprint density at radius 1 is 1.06 bits per heavy atom. The van der Waals surface area contributed by atoms with Gasteiger partial charge in [0.15, 0.2) is 23.4 Å². The van der Waals surface area contributed by atoms with Gasteiger partial charge in [-0.05, 0) is 40.8 Å². The number of rotatable bonds is 5. The van der Waals surface area contributed by atoms with Crippen molar-refractivity contribution >= 4 is 11.8 Å². The van der Waals surface area contributed by atoms with Crippen molar-refractivity contribution in [2.75, 3.05) is 38.9 Å². The highest BCUT2D eigenvalue weighted by Gasteiger charge is 2.51. The Kier molecular flexibility index (Phi) is 5.58. The number of hydrogen-bond acceptors (Lipinski definition) is 10. The van der Waals surface area contributed by atoms with Crippen molar-refractivity contribution in [1.82, 2.24) is 20.2 Å². The van der Waals surface area contributed by atoms with Crippen LogP contribution in [0.4, 0.5) is 10.5 Å². The number of methoxy groups -OCH3 is 1. The zero-order chi connectivity index (χ0) is 23.8. The van der Waals surface area contributed by atoms with E-state index in [0.717, 1.165) is 5.56 Å². The first-order chi connectivity index (χ1) is 17.2. The van der Waals surface area contributed by atoms with E-state index < -0.39 is 18.3 Å². The first-order valence-electron chi connectivity index (χ1n) is 11.2. The fourth-order valence-electron chi connectivity index (χ4n) is 4.53. The van der Waals surface area contributed by atoms with Crippen LogP contribution in [0, 0.1) is 0 Å². The van der Waals surface area contributed by atoms with Gasteiger partial charge >= 0.3 is 6.09 Å². The number of amides is 1. The van der Waals surface area contributed by atoms with Gasteiger partial charge < -0.3 is 28.4 Å². The summed E-state index contributed by atoms with van der Waals surface area (Å²) in [6.45, 7) is 1.53. The molecule has 1 aromatic heterocycles. The summed E-state index contributed by atoms with van der Waals surface area (Å²) in [5.41, 5.74) is 1.35. The highest BCUT2D eigenvalue weighted by molar-refractivity contribution is 5.85. The number of ether oxygens (including phenoxy) is 6. The van der Waals surface area contributed by atoms with E-state index in [2.05, 4.69) is 20.8 Å². The second-order valence-electron chi connectivity index (χ2n) is 8.27. The third-order valence-electron chi connectivity index (χ3n) is 6.16. The van der Waals surface area contributed by atoms with E-state index in [4.69, 9.17) is 28.4 Å². The molecular formula is C23H23N5O7. The van der Waals surface area contributed by atoms with Crippen LogP contribution in [-0.4, -0.2) is 78.1 Å². The lowest BCUT2D eigenvalue weighted by Crippen LogP contribution is -2.35. The molecule has 2 fully saturated rings. The van der Waals surface area contributed by atoms with Crippen LogP contribution in [0.1, 0.15) is 6.04 Å². The standard InChI is InChI=1S/C23H23N5O7/c1-30-15-4-2-3-14(10-15)24-23(29)35-19-12-34-20-16(11-33-21(19)20)28-22(25-26-27-28)13-5-6-17-18(9-13)32-8-7-31-17/h2-6,9-10,16,19-21H,7-8,11-12H2,1H3,(H,24,29). The largest absolute Gasteiger partial charge is 0.497 e. The first kappa shape index (κ1) is 21.6. The van der Waals surface area contributed by atoms with Crippen molar-refractivity contribution < 1.29 is 33.2 Å². The number of anilines is 1. The van der Waals surface area contributed by atoms with Gasteiger partial charge in [0.2, 0.25) is 0 Å². The molecule has 1 amide bonds. The van der Waals surface area contributed by atoms with Crippen LogP contribution >= 0.6 is 0 Å². The fourth-order valence-corrected chi connectivity index (χ4v) is 4.53. The normalized spacial score (nSPS) is 24.6. The maximum absolute atomic E-state index is 12.5. The van der Waals surface area contributed by atoms with Crippen LogP contribution in [0.15, 0.2) is 42.5 Å². The van der Waals surface area contributed by atoms with Gasteiger partial charge in [-0.25, -0.2) is 9.48 Å². The highest BCUT2D eigenvalue weighted by Crippen LogP contribution is 2.38. The number of carbonyl (C=O) groups is 1. The summed E-state index contributed by atoms with van der Waals surface area (Å²) in [7, 11) is 1.56. The number of carbonyl (C=O) groups excluding carboxylic acids is 1. The predicted molar refractivity (Wildman–Crippen MR) is 120 cm³/mol. The third-order valence-corrected chi connectivity index (χ3v) is 6.16. The number of tetrazole rings is 1. The van der Waals surface area contributed by atoms with Crippen molar-refractivity contribution in [2.45, 2.75) is 24.4 Å². The molecule has 4 heterocycles. The van der Waals surface area contributed by atoms with E-state index in [1.807, 2.05) is 18.2 Å². The number of hydrogen-bond donors (Lipinski definition) is 1. The van der Waals surface area contributed by atoms with Gasteiger partial charge in [-0.3, -0.25) is 5.32 Å². The quantitative estimate of drug-likeness (QED) is 0.578. The van der Waals surface area contributed by atoms with Crippen LogP contribution in [0.2, 0.25) is 0 Å². The average Bonchev–Trinajstić information content (AvgIpc) is 3.61. The molecule has 0 radical (unpaired) electrons. The molecule has 182 valence electrons. The molecule has 4 unspecified atom stereocenters. The van der Waals surface area contributed by atoms with Crippen molar-refractivity contribution in [3.05, 3.63) is 42.5 Å². The molecule has 6 rings (SSSR count). The Morgan fingerprint density at radius 3 is 2.80 bits per heavy atom. The number of fused-ring (bicyclic) bond motifs is 2. The molecule has 0 saturated carbocycles. The van der Waals surface area contributed by atoms with E-state index in [-0.39, 0.29) is 18.8 Å². The Labute approximate surface area is 200 Å². The molecule has 3 aliphatic rings. The molecule has 0 aliphatic carbocycles. The first-order valence-corrected chi connectivity index (χ1v) is 11.2. The summed E-state index contributed by atoms with van der Waals surface area (Å²) < 4.78 is 35.7. The van der Waals surface area contributed by atoms with E-state index >= 15 is 0 Å². The molecule has 3 aromatic rings. The minimum absolute atomic E-state index is 0.207. The van der Waals surface area contributed by atoms with Crippen molar-refractivity contribution in [3.63, 3.8) is 0 Å². The topological polar surface area (TPSA) is 128 Å². The summed E-state index contributed by atoms with van der Waals surface area (Å²) in [5, 5.41) is 15.0. The summed E-state index contributed by atoms with van der Waals surface area (Å²) in [4.78, 5) is 12.5. The highest BCUT2D eigenvalue weighted by atomic mass is 16.6. The Balaban J connectivity index is 1.14. The number of aromatic nitrogens is 4. The van der Waals surface area contributed by atoms with Gasteiger partial charge in [0, 0.05) is 17.3 Å². The van der Waals surface area contributed by atoms with Crippen LogP contribution in [0.5, 0.6) is 17.2 Å². The van der Waals surface area contributed by atoms with Gasteiger partial charge in [0.1, 0.15) is 37.2 Å². The van der Waals surface area contributed by atoms with Crippen molar-refractivity contribution in [1.29, 1.82) is 0 Å². The number of nitrogens with one attached hydrogen (secondary N) is 1. The second kappa shape index (κ2) is 9.04. The van der Waals surface area contributed by atoms with Crippen LogP contribution in [0.3, 0.4) is 0 Å². The molecule has 35 heavy (non-hydrogen) atoms. The second-order valence-corrected chi connectivity index (χ2v) is 8.27. The van der Waals surface area contributed by atoms with E-state index in [9.17, 15) is 4.79 Å². The Morgan fingerprint density at radius 2 is 1.91 bits per heavy atom. The molecule has 0 bridgehead atoms. The van der Waals surface area contributed by atoms with Crippen LogP contribution in [-0.2, 0) is 14.2 Å². The van der Waals surface area contributed by atoms with E-state index in [1.54, 1.807) is 36.1 Å². The van der Waals surface area contributed by atoms with Gasteiger partial charge in [-0.2, -0.15) is 0 Å². The molecule has 1 N–H and O–H groups in total. The SMILES string of the molecule is COc1cccc(NC(=O)OC2COC3C2OCC3n2nnnc2-c2ccc3c(c2)OCCO3)c1. The minimum atomic E-state index is -0.598. The van der Waals surface area contributed by atoms with E-state index in [0.29, 0.717) is 48.6 Å². The predicted octanol–water partition coefficient (Wildman–Crippen LogP) is 2.08. The summed E-state index contributed by atoms with van der Waals surface area (Å²) in [5.74, 6) is 2.52. The number of nitrogens with zero attached hydrogens (tertiary/aromatic N) is 4. The number of benzene rings is 2. The molecule has 2 aromatic carbocycles. The van der Waals surface area contributed by atoms with Gasteiger partial charge in [0.05, 0.1) is 20.3 Å². The Hall–Kier alpha value is -3.90. The summed E-state index contributed by atoms with van der Waals surface area (Å²) in [6, 6.07) is 12.3. The lowest BCUT2D eigenvalue weighted by Gasteiger charge is -2.20. The van der Waals surface area contributed by atoms with Crippen molar-refractivity contribution in [3.8, 4) is 28.6 Å². The molecule has 3 aliphatic heterocycles. The molecule has 12 nitrogen and oxygen atoms in total. The third kappa shape index (κ3) is 4.10. The van der Waals surface area contributed by atoms with Crippen LogP contribution in [0.25, 0.3) is 11.4 Å². The molecule has 12 heteroatoms. The fraction of sp³-hybridized carbons (Fsp3) is 0.391. The maximum Gasteiger partial charge on any atom is 0.412 e. The van der Waals surface area contributed by atoms with Gasteiger partial charge in [-0.15, -0.1) is 5.10 Å². The molecule has 4 atom stereocenters. The summed E-state index contributed by atoms with van der Waals surface area (Å²) >= 11 is 0. The smallest absolute Gasteiger partial charge is 0.412 e. The monoisotopic (exact) mass is 481 g/mol. The van der Waals surface area contributed by atoms with Gasteiger partial charge in [0.25, 0.3) is 0 Å². The lowest BCUT2D eigenvalue weighted by molar-refractivity contribution is 0.00774. The van der Waals surface area contributed by atoms with E-state index in [1.165, 1.54) is 0 Å². The molecule has 2 saturated heterocycles. The average molecular weight is 481 g/mol. The van der Waals surface area contributed by atoms with Crippen LogP contribution < -0.4 is 19.5 Å². The lowest BCUT2D eigenvalue weighted by atomic mass is 10.1. The maximum atomic E-state index is 12.5. The zero-order valence-electron chi connectivity index (χ0n) is 18.8. The summed E-state index contributed by atoms with van der Waals surface area (Å²) in [6.07, 6.45) is -1.97.